The van der Waals surface area contributed by atoms with Crippen molar-refractivity contribution in [2.45, 2.75) is 39.3 Å². The zero-order chi connectivity index (χ0) is 14.8. The SMILES string of the molecule is CC(C)(C)NC(=O)C1CC1C(=O)NCc1cccnc1. The van der Waals surface area contributed by atoms with Gasteiger partial charge in [0.15, 0.2) is 0 Å². The summed E-state index contributed by atoms with van der Waals surface area (Å²) < 4.78 is 0. The maximum absolute atomic E-state index is 11.9. The highest BCUT2D eigenvalue weighted by Crippen LogP contribution is 2.39. The number of rotatable bonds is 4. The van der Waals surface area contributed by atoms with E-state index >= 15 is 0 Å². The first-order valence-electron chi connectivity index (χ1n) is 6.85. The molecule has 5 nitrogen and oxygen atoms in total. The fourth-order valence-corrected chi connectivity index (χ4v) is 2.06. The van der Waals surface area contributed by atoms with Gasteiger partial charge < -0.3 is 10.6 Å². The van der Waals surface area contributed by atoms with Gasteiger partial charge in [-0.15, -0.1) is 0 Å². The molecule has 2 N–H and O–H groups in total. The average molecular weight is 275 g/mol. The third-order valence-electron chi connectivity index (χ3n) is 3.15. The van der Waals surface area contributed by atoms with E-state index in [1.54, 1.807) is 12.4 Å². The minimum atomic E-state index is -0.254. The molecule has 0 aliphatic heterocycles. The fourth-order valence-electron chi connectivity index (χ4n) is 2.06. The van der Waals surface area contributed by atoms with Crippen molar-refractivity contribution in [1.29, 1.82) is 0 Å². The van der Waals surface area contributed by atoms with Crippen LogP contribution in [0.5, 0.6) is 0 Å². The number of nitrogens with one attached hydrogen (secondary N) is 2. The van der Waals surface area contributed by atoms with Gasteiger partial charge in [0.2, 0.25) is 11.8 Å². The van der Waals surface area contributed by atoms with Crippen molar-refractivity contribution >= 4 is 11.8 Å². The Morgan fingerprint density at radius 1 is 1.30 bits per heavy atom. The molecule has 2 amide bonds. The highest BCUT2D eigenvalue weighted by molar-refractivity contribution is 5.92. The van der Waals surface area contributed by atoms with Crippen LogP contribution in [0.1, 0.15) is 32.8 Å². The first-order chi connectivity index (χ1) is 9.37. The summed E-state index contributed by atoms with van der Waals surface area (Å²) in [5.41, 5.74) is 0.702. The maximum atomic E-state index is 11.9. The van der Waals surface area contributed by atoms with Crippen LogP contribution in [-0.4, -0.2) is 22.3 Å². The van der Waals surface area contributed by atoms with Crippen molar-refractivity contribution in [2.75, 3.05) is 0 Å². The van der Waals surface area contributed by atoms with Crippen LogP contribution in [0.3, 0.4) is 0 Å². The van der Waals surface area contributed by atoms with Gasteiger partial charge in [-0.3, -0.25) is 14.6 Å². The number of amides is 2. The molecule has 5 heteroatoms. The number of carbonyl (C=O) groups excluding carboxylic acids is 2. The van der Waals surface area contributed by atoms with Gasteiger partial charge in [-0.05, 0) is 38.8 Å². The minimum absolute atomic E-state index is 0.0287. The monoisotopic (exact) mass is 275 g/mol. The molecule has 1 saturated carbocycles. The van der Waals surface area contributed by atoms with Gasteiger partial charge in [0, 0.05) is 24.5 Å². The smallest absolute Gasteiger partial charge is 0.224 e. The first kappa shape index (κ1) is 14.5. The van der Waals surface area contributed by atoms with Gasteiger partial charge in [-0.1, -0.05) is 6.07 Å². The van der Waals surface area contributed by atoms with Crippen molar-refractivity contribution in [2.24, 2.45) is 11.8 Å². The Balaban J connectivity index is 1.77. The van der Waals surface area contributed by atoms with Gasteiger partial charge in [0.25, 0.3) is 0 Å². The molecular formula is C15H21N3O2. The molecule has 2 atom stereocenters. The molecule has 1 aromatic rings. The van der Waals surface area contributed by atoms with Crippen molar-refractivity contribution in [3.63, 3.8) is 0 Å². The predicted molar refractivity (Wildman–Crippen MR) is 75.6 cm³/mol. The standard InChI is InChI=1S/C15H21N3O2/c1-15(2,3)18-14(20)12-7-11(12)13(19)17-9-10-5-4-6-16-8-10/h4-6,8,11-12H,7,9H2,1-3H3,(H,17,19)(H,18,20). The lowest BCUT2D eigenvalue weighted by molar-refractivity contribution is -0.128. The Morgan fingerprint density at radius 2 is 2.00 bits per heavy atom. The summed E-state index contributed by atoms with van der Waals surface area (Å²) in [5, 5.41) is 5.76. The summed E-state index contributed by atoms with van der Waals surface area (Å²) in [6.45, 7) is 6.26. The Bertz CT molecular complexity index is 494. The zero-order valence-corrected chi connectivity index (χ0v) is 12.1. The molecule has 0 saturated heterocycles. The Kier molecular flexibility index (Phi) is 4.06. The summed E-state index contributed by atoms with van der Waals surface area (Å²) in [6.07, 6.45) is 4.05. The molecule has 2 unspecified atom stereocenters. The highest BCUT2D eigenvalue weighted by Gasteiger charge is 2.48. The van der Waals surface area contributed by atoms with Gasteiger partial charge in [0.05, 0.1) is 11.8 Å². The van der Waals surface area contributed by atoms with Gasteiger partial charge in [-0.25, -0.2) is 0 Å². The predicted octanol–water partition coefficient (Wildman–Crippen LogP) is 1.25. The molecule has 0 spiro atoms. The molecule has 2 rings (SSSR count). The second kappa shape index (κ2) is 5.61. The summed E-state index contributed by atoms with van der Waals surface area (Å²) in [7, 11) is 0. The first-order valence-corrected chi connectivity index (χ1v) is 6.85. The zero-order valence-electron chi connectivity index (χ0n) is 12.1. The van der Waals surface area contributed by atoms with Crippen LogP contribution >= 0.6 is 0 Å². The van der Waals surface area contributed by atoms with Gasteiger partial charge >= 0.3 is 0 Å². The van der Waals surface area contributed by atoms with Crippen molar-refractivity contribution in [1.82, 2.24) is 15.6 Å². The van der Waals surface area contributed by atoms with E-state index in [2.05, 4.69) is 15.6 Å². The molecule has 1 aliphatic carbocycles. The summed E-state index contributed by atoms with van der Waals surface area (Å²) in [5.74, 6) is -0.445. The van der Waals surface area contributed by atoms with Gasteiger partial charge in [0.1, 0.15) is 0 Å². The van der Waals surface area contributed by atoms with Crippen LogP contribution in [0.15, 0.2) is 24.5 Å². The minimum Gasteiger partial charge on any atom is -0.352 e. The quantitative estimate of drug-likeness (QED) is 0.868. The molecular weight excluding hydrogens is 254 g/mol. The van der Waals surface area contributed by atoms with Crippen LogP contribution in [0.25, 0.3) is 0 Å². The van der Waals surface area contributed by atoms with Crippen LogP contribution in [0.2, 0.25) is 0 Å². The second-order valence-electron chi connectivity index (χ2n) is 6.27. The molecule has 1 heterocycles. The third kappa shape index (κ3) is 4.05. The topological polar surface area (TPSA) is 71.1 Å². The van der Waals surface area contributed by atoms with E-state index in [4.69, 9.17) is 0 Å². The summed E-state index contributed by atoms with van der Waals surface area (Å²) >= 11 is 0. The average Bonchev–Trinajstić information content (AvgIpc) is 3.15. The van der Waals surface area contributed by atoms with Gasteiger partial charge in [-0.2, -0.15) is 0 Å². The van der Waals surface area contributed by atoms with E-state index in [0.717, 1.165) is 5.56 Å². The normalized spacial score (nSPS) is 21.1. The molecule has 108 valence electrons. The maximum Gasteiger partial charge on any atom is 0.224 e. The van der Waals surface area contributed by atoms with Crippen LogP contribution in [0.4, 0.5) is 0 Å². The molecule has 0 radical (unpaired) electrons. The Labute approximate surface area is 119 Å². The molecule has 1 aliphatic rings. The lowest BCUT2D eigenvalue weighted by Crippen LogP contribution is -2.42. The van der Waals surface area contributed by atoms with Crippen LogP contribution in [0, 0.1) is 11.8 Å². The van der Waals surface area contributed by atoms with E-state index in [1.807, 2.05) is 32.9 Å². The van der Waals surface area contributed by atoms with Crippen LogP contribution in [-0.2, 0) is 16.1 Å². The summed E-state index contributed by atoms with van der Waals surface area (Å²) in [4.78, 5) is 27.8. The van der Waals surface area contributed by atoms with E-state index in [9.17, 15) is 9.59 Å². The van der Waals surface area contributed by atoms with E-state index in [-0.39, 0.29) is 29.2 Å². The lowest BCUT2D eigenvalue weighted by Gasteiger charge is -2.20. The number of aromatic nitrogens is 1. The van der Waals surface area contributed by atoms with Crippen molar-refractivity contribution in [3.05, 3.63) is 30.1 Å². The van der Waals surface area contributed by atoms with E-state index in [0.29, 0.717) is 13.0 Å². The molecule has 0 bridgehead atoms. The van der Waals surface area contributed by atoms with Crippen LogP contribution < -0.4 is 10.6 Å². The largest absolute Gasteiger partial charge is 0.352 e. The number of pyridine rings is 1. The second-order valence-corrected chi connectivity index (χ2v) is 6.27. The van der Waals surface area contributed by atoms with Crippen molar-refractivity contribution < 1.29 is 9.59 Å². The number of hydrogen-bond acceptors (Lipinski definition) is 3. The van der Waals surface area contributed by atoms with Crippen molar-refractivity contribution in [3.8, 4) is 0 Å². The Morgan fingerprint density at radius 3 is 2.60 bits per heavy atom. The highest BCUT2D eigenvalue weighted by atomic mass is 16.2. The van der Waals surface area contributed by atoms with E-state index < -0.39 is 0 Å². The molecule has 20 heavy (non-hydrogen) atoms. The molecule has 1 fully saturated rings. The molecule has 0 aromatic carbocycles. The fraction of sp³-hybridized carbons (Fsp3) is 0.533. The number of hydrogen-bond donors (Lipinski definition) is 2. The number of carbonyl (C=O) groups is 2. The lowest BCUT2D eigenvalue weighted by atomic mass is 10.1. The number of nitrogens with zero attached hydrogens (tertiary/aromatic N) is 1. The van der Waals surface area contributed by atoms with E-state index in [1.165, 1.54) is 0 Å². The Hall–Kier alpha value is -1.91. The molecule has 1 aromatic heterocycles. The summed E-state index contributed by atoms with van der Waals surface area (Å²) in [6, 6.07) is 3.74. The third-order valence-corrected chi connectivity index (χ3v) is 3.15.